The van der Waals surface area contributed by atoms with E-state index in [1.807, 2.05) is 0 Å². The van der Waals surface area contributed by atoms with E-state index in [0.29, 0.717) is 29.1 Å². The standard InChI is InChI=1S/C20H24F2N2O5/c1-11-17(19(26)28-5)12(2)23-18(11)14(25)10-24(3)9-13-6-7-15(29-20(21)22)16(8-13)27-4/h6-8,20,23H,9-10H2,1-5H3. The minimum atomic E-state index is -2.95. The number of Topliss-reactive ketones (excluding diaryl/α,β-unsaturated/α-hetero) is 1. The number of nitrogens with zero attached hydrogens (tertiary/aromatic N) is 1. The molecule has 7 nitrogen and oxygen atoms in total. The molecular formula is C20H24F2N2O5. The average Bonchev–Trinajstić information content (AvgIpc) is 2.96. The molecule has 0 aliphatic heterocycles. The summed E-state index contributed by atoms with van der Waals surface area (Å²) in [5.41, 5.74) is 2.59. The van der Waals surface area contributed by atoms with Crippen LogP contribution in [-0.4, -0.2) is 56.1 Å². The highest BCUT2D eigenvalue weighted by Gasteiger charge is 2.23. The first-order chi connectivity index (χ1) is 13.7. The molecule has 0 amide bonds. The highest BCUT2D eigenvalue weighted by atomic mass is 19.3. The molecule has 1 heterocycles. The van der Waals surface area contributed by atoms with Gasteiger partial charge in [-0.1, -0.05) is 6.07 Å². The van der Waals surface area contributed by atoms with Crippen LogP contribution < -0.4 is 9.47 Å². The first-order valence-corrected chi connectivity index (χ1v) is 8.78. The van der Waals surface area contributed by atoms with Crippen molar-refractivity contribution in [2.24, 2.45) is 0 Å². The van der Waals surface area contributed by atoms with Gasteiger partial charge in [-0.05, 0) is 44.2 Å². The molecule has 158 valence electrons. The number of ether oxygens (including phenoxy) is 3. The van der Waals surface area contributed by atoms with E-state index in [9.17, 15) is 18.4 Å². The van der Waals surface area contributed by atoms with Gasteiger partial charge in [0, 0.05) is 12.2 Å². The van der Waals surface area contributed by atoms with Crippen molar-refractivity contribution in [3.05, 3.63) is 46.3 Å². The van der Waals surface area contributed by atoms with Gasteiger partial charge >= 0.3 is 12.6 Å². The van der Waals surface area contributed by atoms with E-state index in [2.05, 4.69) is 9.72 Å². The van der Waals surface area contributed by atoms with Gasteiger partial charge in [-0.3, -0.25) is 9.69 Å². The number of ketones is 1. The van der Waals surface area contributed by atoms with Gasteiger partial charge in [0.05, 0.1) is 32.0 Å². The fourth-order valence-corrected chi connectivity index (χ4v) is 3.13. The van der Waals surface area contributed by atoms with Crippen LogP contribution in [-0.2, 0) is 11.3 Å². The van der Waals surface area contributed by atoms with Gasteiger partial charge in [0.15, 0.2) is 17.3 Å². The number of methoxy groups -OCH3 is 2. The van der Waals surface area contributed by atoms with Crippen molar-refractivity contribution in [1.82, 2.24) is 9.88 Å². The molecule has 0 radical (unpaired) electrons. The van der Waals surface area contributed by atoms with Gasteiger partial charge in [0.2, 0.25) is 0 Å². The number of alkyl halides is 2. The van der Waals surface area contributed by atoms with E-state index in [-0.39, 0.29) is 23.8 Å². The normalized spacial score (nSPS) is 11.1. The molecule has 1 aromatic heterocycles. The summed E-state index contributed by atoms with van der Waals surface area (Å²) >= 11 is 0. The second kappa shape index (κ2) is 9.51. The predicted octanol–water partition coefficient (Wildman–Crippen LogP) is 3.34. The van der Waals surface area contributed by atoms with Gasteiger partial charge in [0.25, 0.3) is 0 Å². The maximum atomic E-state index is 12.7. The van der Waals surface area contributed by atoms with Gasteiger partial charge in [-0.25, -0.2) is 4.79 Å². The molecular weight excluding hydrogens is 386 g/mol. The number of H-pyrrole nitrogens is 1. The van der Waals surface area contributed by atoms with E-state index >= 15 is 0 Å². The molecule has 0 saturated heterocycles. The summed E-state index contributed by atoms with van der Waals surface area (Å²) in [4.78, 5) is 29.3. The minimum Gasteiger partial charge on any atom is -0.493 e. The third kappa shape index (κ3) is 5.32. The molecule has 0 saturated carbocycles. The van der Waals surface area contributed by atoms with Crippen LogP contribution in [0.1, 0.15) is 37.7 Å². The van der Waals surface area contributed by atoms with Crippen LogP contribution in [0.4, 0.5) is 8.78 Å². The number of likely N-dealkylation sites (N-methyl/N-ethyl adjacent to an activating group) is 1. The van der Waals surface area contributed by atoms with Crippen molar-refractivity contribution in [3.8, 4) is 11.5 Å². The lowest BCUT2D eigenvalue weighted by Gasteiger charge is -2.17. The monoisotopic (exact) mass is 410 g/mol. The Morgan fingerprint density at radius 2 is 1.86 bits per heavy atom. The Morgan fingerprint density at radius 3 is 2.45 bits per heavy atom. The Hall–Kier alpha value is -2.94. The van der Waals surface area contributed by atoms with Crippen LogP contribution in [0.3, 0.4) is 0 Å². The molecule has 2 rings (SSSR count). The largest absolute Gasteiger partial charge is 0.493 e. The fraction of sp³-hybridized carbons (Fsp3) is 0.400. The van der Waals surface area contributed by atoms with E-state index in [4.69, 9.17) is 9.47 Å². The molecule has 29 heavy (non-hydrogen) atoms. The molecule has 0 spiro atoms. The van der Waals surface area contributed by atoms with Gasteiger partial charge in [-0.2, -0.15) is 8.78 Å². The number of aromatic amines is 1. The maximum Gasteiger partial charge on any atom is 0.387 e. The summed E-state index contributed by atoms with van der Waals surface area (Å²) in [6.45, 7) is 0.904. The molecule has 1 N–H and O–H groups in total. The Bertz CT molecular complexity index is 895. The van der Waals surface area contributed by atoms with Crippen LogP contribution in [0.15, 0.2) is 18.2 Å². The molecule has 0 fully saturated rings. The lowest BCUT2D eigenvalue weighted by Crippen LogP contribution is -2.26. The number of benzene rings is 1. The van der Waals surface area contributed by atoms with E-state index in [0.717, 1.165) is 5.56 Å². The van der Waals surface area contributed by atoms with Crippen LogP contribution in [0.2, 0.25) is 0 Å². The number of esters is 1. The number of carbonyl (C=O) groups is 2. The van der Waals surface area contributed by atoms with Crippen molar-refractivity contribution in [3.63, 3.8) is 0 Å². The van der Waals surface area contributed by atoms with E-state index in [1.165, 1.54) is 20.3 Å². The maximum absolute atomic E-state index is 12.7. The average molecular weight is 410 g/mol. The number of rotatable bonds is 9. The van der Waals surface area contributed by atoms with Crippen molar-refractivity contribution in [2.45, 2.75) is 27.0 Å². The summed E-state index contributed by atoms with van der Waals surface area (Å²) in [6, 6.07) is 4.61. The van der Waals surface area contributed by atoms with Crippen molar-refractivity contribution >= 4 is 11.8 Å². The third-order valence-electron chi connectivity index (χ3n) is 4.42. The van der Waals surface area contributed by atoms with Gasteiger partial charge in [-0.15, -0.1) is 0 Å². The lowest BCUT2D eigenvalue weighted by atomic mass is 10.1. The predicted molar refractivity (Wildman–Crippen MR) is 102 cm³/mol. The Morgan fingerprint density at radius 1 is 1.17 bits per heavy atom. The fourth-order valence-electron chi connectivity index (χ4n) is 3.13. The quantitative estimate of drug-likeness (QED) is 0.505. The van der Waals surface area contributed by atoms with Crippen molar-refractivity contribution in [2.75, 3.05) is 27.8 Å². The molecule has 9 heteroatoms. The molecule has 1 aromatic carbocycles. The van der Waals surface area contributed by atoms with E-state index < -0.39 is 12.6 Å². The van der Waals surface area contributed by atoms with Gasteiger partial charge in [0.1, 0.15) is 0 Å². The van der Waals surface area contributed by atoms with Crippen LogP contribution in [0.25, 0.3) is 0 Å². The number of halogens is 2. The number of hydrogen-bond acceptors (Lipinski definition) is 6. The van der Waals surface area contributed by atoms with Crippen LogP contribution in [0, 0.1) is 13.8 Å². The van der Waals surface area contributed by atoms with Crippen molar-refractivity contribution in [1.29, 1.82) is 0 Å². The first-order valence-electron chi connectivity index (χ1n) is 8.78. The topological polar surface area (TPSA) is 80.9 Å². The van der Waals surface area contributed by atoms with Crippen molar-refractivity contribution < 1.29 is 32.6 Å². The van der Waals surface area contributed by atoms with E-state index in [1.54, 1.807) is 37.9 Å². The molecule has 0 aliphatic rings. The molecule has 2 aromatic rings. The number of aromatic nitrogens is 1. The second-order valence-electron chi connectivity index (χ2n) is 6.58. The molecule has 0 atom stereocenters. The zero-order chi connectivity index (χ0) is 21.7. The molecule has 0 aliphatic carbocycles. The second-order valence-corrected chi connectivity index (χ2v) is 6.58. The summed E-state index contributed by atoms with van der Waals surface area (Å²) in [7, 11) is 4.40. The third-order valence-corrected chi connectivity index (χ3v) is 4.42. The Balaban J connectivity index is 2.10. The minimum absolute atomic E-state index is 0.0576. The summed E-state index contributed by atoms with van der Waals surface area (Å²) < 4.78 is 39.1. The van der Waals surface area contributed by atoms with Crippen LogP contribution in [0.5, 0.6) is 11.5 Å². The first kappa shape index (κ1) is 22.4. The number of hydrogen-bond donors (Lipinski definition) is 1. The Labute approximate surface area is 167 Å². The number of carbonyl (C=O) groups excluding carboxylic acids is 2. The molecule has 0 bridgehead atoms. The summed E-state index contributed by atoms with van der Waals surface area (Å²) in [6.07, 6.45) is 0. The van der Waals surface area contributed by atoms with Gasteiger partial charge < -0.3 is 19.2 Å². The zero-order valence-electron chi connectivity index (χ0n) is 17.0. The summed E-state index contributed by atoms with van der Waals surface area (Å²) in [5, 5.41) is 0. The SMILES string of the molecule is COC(=O)c1c(C)[nH]c(C(=O)CN(C)Cc2ccc(OC(F)F)c(OC)c2)c1C. The Kier molecular flexibility index (Phi) is 7.33. The smallest absolute Gasteiger partial charge is 0.387 e. The number of nitrogens with one attached hydrogen (secondary N) is 1. The van der Waals surface area contributed by atoms with Crippen LogP contribution >= 0.6 is 0 Å². The molecule has 0 unspecified atom stereocenters. The highest BCUT2D eigenvalue weighted by molar-refractivity contribution is 6.02. The lowest BCUT2D eigenvalue weighted by molar-refractivity contribution is -0.0512. The summed E-state index contributed by atoms with van der Waals surface area (Å²) in [5.74, 6) is -0.561. The highest BCUT2D eigenvalue weighted by Crippen LogP contribution is 2.30. The zero-order valence-corrected chi connectivity index (χ0v) is 17.0. The number of aryl methyl sites for hydroxylation is 1.